The molecule has 28 heavy (non-hydrogen) atoms. The van der Waals surface area contributed by atoms with Crippen LogP contribution in [-0.2, 0) is 4.74 Å². The standard InChI is InChI=1S/C21H25N5OS/c1-4-6-8-17(15(3)14-23-22)20-24-18-13-16(7-5-2)28-19(18)21(25-20)26-9-11-27-12-10-26/h4-8,13-14H,3,9-12,22H2,1-2H3/b6-4-,7-5+,17-8+,23-14-. The van der Waals surface area contributed by atoms with E-state index in [9.17, 15) is 0 Å². The predicted molar refractivity (Wildman–Crippen MR) is 120 cm³/mol. The normalized spacial score (nSPS) is 16.2. The van der Waals surface area contributed by atoms with Crippen LogP contribution in [0.1, 0.15) is 24.5 Å². The third kappa shape index (κ3) is 4.37. The zero-order valence-electron chi connectivity index (χ0n) is 16.3. The average Bonchev–Trinajstić information content (AvgIpc) is 3.11. The van der Waals surface area contributed by atoms with Crippen molar-refractivity contribution in [2.24, 2.45) is 10.9 Å². The van der Waals surface area contributed by atoms with Crippen LogP contribution in [0.4, 0.5) is 5.82 Å². The molecule has 6 nitrogen and oxygen atoms in total. The van der Waals surface area contributed by atoms with E-state index in [1.54, 1.807) is 11.3 Å². The molecule has 1 fully saturated rings. The highest BCUT2D eigenvalue weighted by molar-refractivity contribution is 7.20. The lowest BCUT2D eigenvalue weighted by molar-refractivity contribution is 0.122. The molecule has 146 valence electrons. The number of fused-ring (bicyclic) bond motifs is 1. The van der Waals surface area contributed by atoms with Crippen molar-refractivity contribution < 1.29 is 4.74 Å². The second-order valence-electron chi connectivity index (χ2n) is 6.24. The Morgan fingerprint density at radius 1 is 1.29 bits per heavy atom. The molecule has 0 aliphatic carbocycles. The van der Waals surface area contributed by atoms with Crippen molar-refractivity contribution in [3.8, 4) is 0 Å². The van der Waals surface area contributed by atoms with E-state index in [0.29, 0.717) is 24.6 Å². The molecule has 3 rings (SSSR count). The van der Waals surface area contributed by atoms with Crippen LogP contribution >= 0.6 is 11.3 Å². The van der Waals surface area contributed by atoms with Gasteiger partial charge in [-0.1, -0.05) is 30.9 Å². The maximum Gasteiger partial charge on any atom is 0.162 e. The monoisotopic (exact) mass is 395 g/mol. The largest absolute Gasteiger partial charge is 0.378 e. The van der Waals surface area contributed by atoms with Crippen molar-refractivity contribution in [3.05, 3.63) is 53.2 Å². The number of nitrogens with zero attached hydrogens (tertiary/aromatic N) is 4. The summed E-state index contributed by atoms with van der Waals surface area (Å²) in [7, 11) is 0. The molecule has 2 aromatic heterocycles. The number of hydrazone groups is 1. The first-order chi connectivity index (χ1) is 13.7. The first-order valence-corrected chi connectivity index (χ1v) is 10.0. The van der Waals surface area contributed by atoms with E-state index in [-0.39, 0.29) is 0 Å². The molecule has 0 atom stereocenters. The van der Waals surface area contributed by atoms with E-state index in [1.807, 2.05) is 38.2 Å². The Labute approximate surface area is 169 Å². The molecule has 0 aromatic carbocycles. The molecule has 1 aliphatic heterocycles. The van der Waals surface area contributed by atoms with Gasteiger partial charge in [-0.2, -0.15) is 5.10 Å². The summed E-state index contributed by atoms with van der Waals surface area (Å²) in [6.45, 7) is 11.1. The Balaban J connectivity index is 2.19. The van der Waals surface area contributed by atoms with Gasteiger partial charge in [0.15, 0.2) is 11.6 Å². The quantitative estimate of drug-likeness (QED) is 0.346. The van der Waals surface area contributed by atoms with Crippen molar-refractivity contribution in [3.63, 3.8) is 0 Å². The smallest absolute Gasteiger partial charge is 0.162 e. The number of rotatable bonds is 6. The number of ether oxygens (including phenoxy) is 1. The second kappa shape index (κ2) is 9.43. The van der Waals surface area contributed by atoms with Gasteiger partial charge in [-0.25, -0.2) is 9.97 Å². The average molecular weight is 396 g/mol. The fourth-order valence-electron chi connectivity index (χ4n) is 2.97. The van der Waals surface area contributed by atoms with Crippen LogP contribution < -0.4 is 10.7 Å². The maximum absolute atomic E-state index is 5.52. The number of thiophene rings is 1. The van der Waals surface area contributed by atoms with Gasteiger partial charge in [-0.05, 0) is 31.6 Å². The summed E-state index contributed by atoms with van der Waals surface area (Å²) >= 11 is 1.70. The minimum atomic E-state index is 0.613. The zero-order valence-corrected chi connectivity index (χ0v) is 17.1. The Morgan fingerprint density at radius 3 is 2.75 bits per heavy atom. The minimum absolute atomic E-state index is 0.613. The molecule has 3 heterocycles. The highest BCUT2D eigenvalue weighted by Crippen LogP contribution is 2.35. The maximum atomic E-state index is 5.52. The van der Waals surface area contributed by atoms with Gasteiger partial charge in [0, 0.05) is 23.5 Å². The van der Waals surface area contributed by atoms with Gasteiger partial charge in [0.1, 0.15) is 0 Å². The van der Waals surface area contributed by atoms with Crippen LogP contribution in [0.3, 0.4) is 0 Å². The van der Waals surface area contributed by atoms with Crippen LogP contribution in [-0.4, -0.2) is 42.5 Å². The number of anilines is 1. The summed E-state index contributed by atoms with van der Waals surface area (Å²) in [6, 6.07) is 2.10. The number of hydrogen-bond donors (Lipinski definition) is 1. The molecule has 2 N–H and O–H groups in total. The molecule has 0 spiro atoms. The number of nitrogens with two attached hydrogens (primary N) is 1. The number of aromatic nitrogens is 2. The molecule has 2 aromatic rings. The molecular formula is C21H25N5OS. The third-order valence-corrected chi connectivity index (χ3v) is 5.37. The van der Waals surface area contributed by atoms with E-state index in [2.05, 4.69) is 28.7 Å². The fraction of sp³-hybridized carbons (Fsp3) is 0.286. The Bertz CT molecular complexity index is 965. The van der Waals surface area contributed by atoms with Gasteiger partial charge in [0.05, 0.1) is 29.6 Å². The molecule has 0 bridgehead atoms. The molecule has 0 radical (unpaired) electrons. The first kappa shape index (κ1) is 20.0. The van der Waals surface area contributed by atoms with E-state index in [4.69, 9.17) is 20.5 Å². The molecule has 0 amide bonds. The number of allylic oxidation sites excluding steroid dienone is 6. The summed E-state index contributed by atoms with van der Waals surface area (Å²) in [5.41, 5.74) is 2.38. The summed E-state index contributed by atoms with van der Waals surface area (Å²) < 4.78 is 6.60. The summed E-state index contributed by atoms with van der Waals surface area (Å²) in [5.74, 6) is 6.89. The molecule has 0 saturated carbocycles. The molecule has 7 heteroatoms. The Kier molecular flexibility index (Phi) is 6.73. The van der Waals surface area contributed by atoms with E-state index in [1.165, 1.54) is 6.21 Å². The van der Waals surface area contributed by atoms with Crippen molar-refractivity contribution in [1.82, 2.24) is 9.97 Å². The first-order valence-electron chi connectivity index (χ1n) is 9.20. The van der Waals surface area contributed by atoms with E-state index >= 15 is 0 Å². The van der Waals surface area contributed by atoms with Crippen molar-refractivity contribution in [2.45, 2.75) is 13.8 Å². The van der Waals surface area contributed by atoms with Gasteiger partial charge in [-0.3, -0.25) is 0 Å². The highest BCUT2D eigenvalue weighted by atomic mass is 32.1. The summed E-state index contributed by atoms with van der Waals surface area (Å²) in [5, 5.41) is 3.61. The van der Waals surface area contributed by atoms with Crippen LogP contribution in [0.25, 0.3) is 21.9 Å². The third-order valence-electron chi connectivity index (χ3n) is 4.29. The van der Waals surface area contributed by atoms with Gasteiger partial charge in [0.25, 0.3) is 0 Å². The van der Waals surface area contributed by atoms with Crippen molar-refractivity contribution in [2.75, 3.05) is 31.2 Å². The van der Waals surface area contributed by atoms with Crippen LogP contribution in [0, 0.1) is 0 Å². The highest BCUT2D eigenvalue weighted by Gasteiger charge is 2.20. The van der Waals surface area contributed by atoms with Crippen LogP contribution in [0.15, 0.2) is 47.6 Å². The molecular weight excluding hydrogens is 370 g/mol. The lowest BCUT2D eigenvalue weighted by atomic mass is 10.1. The summed E-state index contributed by atoms with van der Waals surface area (Å²) in [6.07, 6.45) is 11.5. The molecule has 1 aliphatic rings. The van der Waals surface area contributed by atoms with Crippen LogP contribution in [0.5, 0.6) is 0 Å². The zero-order chi connectivity index (χ0) is 19.9. The number of hydrogen-bond acceptors (Lipinski definition) is 7. The second-order valence-corrected chi connectivity index (χ2v) is 7.33. The van der Waals surface area contributed by atoms with Crippen molar-refractivity contribution in [1.29, 1.82) is 0 Å². The van der Waals surface area contributed by atoms with Gasteiger partial charge < -0.3 is 15.5 Å². The fourth-order valence-corrected chi connectivity index (χ4v) is 4.05. The predicted octanol–water partition coefficient (Wildman–Crippen LogP) is 4.02. The molecule has 1 saturated heterocycles. The Morgan fingerprint density at radius 2 is 2.07 bits per heavy atom. The Hall–Kier alpha value is -2.77. The van der Waals surface area contributed by atoms with Gasteiger partial charge >= 0.3 is 0 Å². The SMILES string of the molecule is C=C(/C=N\N)/C(=C\C=C/C)c1nc(N2CCOCC2)c2sc(/C=C/C)cc2n1. The topological polar surface area (TPSA) is 76.6 Å². The van der Waals surface area contributed by atoms with E-state index < -0.39 is 0 Å². The van der Waals surface area contributed by atoms with Gasteiger partial charge in [0.2, 0.25) is 0 Å². The lowest BCUT2D eigenvalue weighted by Crippen LogP contribution is -2.37. The van der Waals surface area contributed by atoms with Gasteiger partial charge in [-0.15, -0.1) is 11.3 Å². The minimum Gasteiger partial charge on any atom is -0.378 e. The van der Waals surface area contributed by atoms with Crippen molar-refractivity contribution >= 4 is 45.2 Å². The summed E-state index contributed by atoms with van der Waals surface area (Å²) in [4.78, 5) is 13.2. The lowest BCUT2D eigenvalue weighted by Gasteiger charge is -2.28. The van der Waals surface area contributed by atoms with Crippen LogP contribution in [0.2, 0.25) is 0 Å². The van der Waals surface area contributed by atoms with E-state index in [0.717, 1.165) is 39.6 Å². The molecule has 0 unspecified atom stereocenters. The number of morpholine rings is 1.